The zero-order valence-electron chi connectivity index (χ0n) is 10.6. The number of aromatic nitrogens is 2. The zero-order valence-corrected chi connectivity index (χ0v) is 10.6. The van der Waals surface area contributed by atoms with Crippen molar-refractivity contribution in [1.29, 1.82) is 0 Å². The molecule has 0 unspecified atom stereocenters. The second-order valence-electron chi connectivity index (χ2n) is 4.41. The SMILES string of the molecule is Cn1ccnc1CC(=O)c1ccc2c(c1)OCCO2. The molecular formula is C14H14N2O3. The molecule has 1 aliphatic rings. The number of hydrogen-bond donors (Lipinski definition) is 0. The number of nitrogens with zero attached hydrogens (tertiary/aromatic N) is 2. The topological polar surface area (TPSA) is 53.4 Å². The first-order valence-corrected chi connectivity index (χ1v) is 6.13. The third-order valence-corrected chi connectivity index (χ3v) is 3.10. The Balaban J connectivity index is 1.82. The number of ether oxygens (including phenoxy) is 2. The van der Waals surface area contributed by atoms with Gasteiger partial charge >= 0.3 is 0 Å². The van der Waals surface area contributed by atoms with Crippen molar-refractivity contribution in [3.05, 3.63) is 42.0 Å². The van der Waals surface area contributed by atoms with E-state index in [1.807, 2.05) is 17.8 Å². The number of carbonyl (C=O) groups excluding carboxylic acids is 1. The van der Waals surface area contributed by atoms with E-state index >= 15 is 0 Å². The van der Waals surface area contributed by atoms with Gasteiger partial charge in [0.1, 0.15) is 19.0 Å². The van der Waals surface area contributed by atoms with Crippen LogP contribution in [0, 0.1) is 0 Å². The Morgan fingerprint density at radius 3 is 2.84 bits per heavy atom. The summed E-state index contributed by atoms with van der Waals surface area (Å²) in [6.07, 6.45) is 3.79. The maximum Gasteiger partial charge on any atom is 0.170 e. The van der Waals surface area contributed by atoms with Gasteiger partial charge in [-0.3, -0.25) is 4.79 Å². The average Bonchev–Trinajstić information content (AvgIpc) is 2.84. The maximum atomic E-state index is 12.2. The van der Waals surface area contributed by atoms with Crippen LogP contribution in [0.3, 0.4) is 0 Å². The molecule has 0 saturated heterocycles. The van der Waals surface area contributed by atoms with Crippen LogP contribution in [0.25, 0.3) is 0 Å². The molecule has 0 bridgehead atoms. The van der Waals surface area contributed by atoms with Crippen LogP contribution in [-0.4, -0.2) is 28.5 Å². The van der Waals surface area contributed by atoms with Crippen LogP contribution in [0.5, 0.6) is 11.5 Å². The number of ketones is 1. The quantitative estimate of drug-likeness (QED) is 0.785. The summed E-state index contributed by atoms with van der Waals surface area (Å²) in [5.41, 5.74) is 0.618. The summed E-state index contributed by atoms with van der Waals surface area (Å²) in [5, 5.41) is 0. The highest BCUT2D eigenvalue weighted by molar-refractivity contribution is 5.97. The lowest BCUT2D eigenvalue weighted by Crippen LogP contribution is -2.16. The maximum absolute atomic E-state index is 12.2. The first-order chi connectivity index (χ1) is 9.24. The molecule has 0 aliphatic carbocycles. The van der Waals surface area contributed by atoms with Gasteiger partial charge < -0.3 is 14.0 Å². The Bertz CT molecular complexity index is 619. The molecule has 0 saturated carbocycles. The summed E-state index contributed by atoms with van der Waals surface area (Å²) in [6.45, 7) is 1.07. The fraction of sp³-hybridized carbons (Fsp3) is 0.286. The Morgan fingerprint density at radius 2 is 2.11 bits per heavy atom. The van der Waals surface area contributed by atoms with Crippen molar-refractivity contribution in [1.82, 2.24) is 9.55 Å². The highest BCUT2D eigenvalue weighted by Crippen LogP contribution is 2.31. The molecule has 0 radical (unpaired) electrons. The van der Waals surface area contributed by atoms with Crippen molar-refractivity contribution in [2.45, 2.75) is 6.42 Å². The molecule has 1 aliphatic heterocycles. The molecular weight excluding hydrogens is 244 g/mol. The molecule has 0 atom stereocenters. The largest absolute Gasteiger partial charge is 0.486 e. The van der Waals surface area contributed by atoms with Gasteiger partial charge in [-0.2, -0.15) is 0 Å². The van der Waals surface area contributed by atoms with Gasteiger partial charge in [-0.25, -0.2) is 4.98 Å². The van der Waals surface area contributed by atoms with Crippen molar-refractivity contribution < 1.29 is 14.3 Å². The molecule has 0 amide bonds. The van der Waals surface area contributed by atoms with Crippen molar-refractivity contribution >= 4 is 5.78 Å². The third kappa shape index (κ3) is 2.31. The summed E-state index contributed by atoms with van der Waals surface area (Å²) in [5.74, 6) is 2.10. The first-order valence-electron chi connectivity index (χ1n) is 6.13. The van der Waals surface area contributed by atoms with Gasteiger partial charge in [-0.15, -0.1) is 0 Å². The van der Waals surface area contributed by atoms with Gasteiger partial charge in [0.05, 0.1) is 6.42 Å². The van der Waals surface area contributed by atoms with E-state index in [2.05, 4.69) is 4.98 Å². The van der Waals surface area contributed by atoms with E-state index in [0.29, 0.717) is 30.3 Å². The lowest BCUT2D eigenvalue weighted by molar-refractivity contribution is 0.0988. The predicted molar refractivity (Wildman–Crippen MR) is 68.7 cm³/mol. The molecule has 2 aromatic rings. The van der Waals surface area contributed by atoms with Crippen LogP contribution < -0.4 is 9.47 Å². The molecule has 5 nitrogen and oxygen atoms in total. The lowest BCUT2D eigenvalue weighted by Gasteiger charge is -2.18. The minimum Gasteiger partial charge on any atom is -0.486 e. The van der Waals surface area contributed by atoms with Crippen molar-refractivity contribution in [3.63, 3.8) is 0 Å². The fourth-order valence-electron chi connectivity index (χ4n) is 2.03. The van der Waals surface area contributed by atoms with Gasteiger partial charge in [-0.1, -0.05) is 0 Å². The van der Waals surface area contributed by atoms with Crippen LogP contribution in [-0.2, 0) is 13.5 Å². The second kappa shape index (κ2) is 4.76. The molecule has 98 valence electrons. The summed E-state index contributed by atoms with van der Waals surface area (Å²) < 4.78 is 12.7. The molecule has 0 fully saturated rings. The minimum absolute atomic E-state index is 0.0197. The van der Waals surface area contributed by atoms with Crippen LogP contribution in [0.2, 0.25) is 0 Å². The van der Waals surface area contributed by atoms with Crippen molar-refractivity contribution in [2.75, 3.05) is 13.2 Å². The Morgan fingerprint density at radius 1 is 1.32 bits per heavy atom. The zero-order chi connectivity index (χ0) is 13.2. The van der Waals surface area contributed by atoms with Crippen LogP contribution in [0.15, 0.2) is 30.6 Å². The Kier molecular flexibility index (Phi) is 2.95. The fourth-order valence-corrected chi connectivity index (χ4v) is 2.03. The van der Waals surface area contributed by atoms with E-state index in [0.717, 1.165) is 5.82 Å². The van der Waals surface area contributed by atoms with Crippen molar-refractivity contribution in [3.8, 4) is 11.5 Å². The molecule has 19 heavy (non-hydrogen) atoms. The summed E-state index contributed by atoms with van der Waals surface area (Å²) in [4.78, 5) is 16.4. The van der Waals surface area contributed by atoms with E-state index in [9.17, 15) is 4.79 Å². The summed E-state index contributed by atoms with van der Waals surface area (Å²) >= 11 is 0. The number of Topliss-reactive ketones (excluding diaryl/α,β-unsaturated/α-hetero) is 1. The van der Waals surface area contributed by atoms with E-state index in [-0.39, 0.29) is 12.2 Å². The lowest BCUT2D eigenvalue weighted by atomic mass is 10.1. The smallest absolute Gasteiger partial charge is 0.170 e. The number of aryl methyl sites for hydroxylation is 1. The second-order valence-corrected chi connectivity index (χ2v) is 4.41. The van der Waals surface area contributed by atoms with Crippen molar-refractivity contribution in [2.24, 2.45) is 7.05 Å². The molecule has 2 heterocycles. The van der Waals surface area contributed by atoms with Gasteiger partial charge in [0.25, 0.3) is 0 Å². The first kappa shape index (κ1) is 11.8. The molecule has 1 aromatic heterocycles. The summed E-state index contributed by atoms with van der Waals surface area (Å²) in [7, 11) is 1.87. The highest BCUT2D eigenvalue weighted by Gasteiger charge is 2.16. The van der Waals surface area contributed by atoms with E-state index in [4.69, 9.17) is 9.47 Å². The number of imidazole rings is 1. The average molecular weight is 258 g/mol. The Hall–Kier alpha value is -2.30. The monoisotopic (exact) mass is 258 g/mol. The Labute approximate surface area is 110 Å². The normalized spacial score (nSPS) is 13.3. The highest BCUT2D eigenvalue weighted by atomic mass is 16.6. The number of hydrogen-bond acceptors (Lipinski definition) is 4. The summed E-state index contributed by atoms with van der Waals surface area (Å²) in [6, 6.07) is 5.28. The van der Waals surface area contributed by atoms with E-state index in [1.165, 1.54) is 0 Å². The third-order valence-electron chi connectivity index (χ3n) is 3.10. The molecule has 3 rings (SSSR count). The van der Waals surface area contributed by atoms with Crippen LogP contribution in [0.1, 0.15) is 16.2 Å². The van der Waals surface area contributed by atoms with E-state index < -0.39 is 0 Å². The van der Waals surface area contributed by atoms with Crippen LogP contribution in [0.4, 0.5) is 0 Å². The molecule has 0 N–H and O–H groups in total. The number of fused-ring (bicyclic) bond motifs is 1. The number of rotatable bonds is 3. The molecule has 1 aromatic carbocycles. The minimum atomic E-state index is 0.0197. The molecule has 0 spiro atoms. The number of carbonyl (C=O) groups is 1. The van der Waals surface area contributed by atoms with E-state index in [1.54, 1.807) is 24.4 Å². The standard InChI is InChI=1S/C14H14N2O3/c1-16-5-4-15-14(16)9-11(17)10-2-3-12-13(8-10)19-7-6-18-12/h2-5,8H,6-7,9H2,1H3. The van der Waals surface area contributed by atoms with Gasteiger partial charge in [0.15, 0.2) is 17.3 Å². The number of benzene rings is 1. The molecule has 5 heteroatoms. The van der Waals surface area contributed by atoms with Crippen LogP contribution >= 0.6 is 0 Å². The van der Waals surface area contributed by atoms with Gasteiger partial charge in [-0.05, 0) is 18.2 Å². The predicted octanol–water partition coefficient (Wildman–Crippen LogP) is 1.62. The van der Waals surface area contributed by atoms with Gasteiger partial charge in [0.2, 0.25) is 0 Å². The van der Waals surface area contributed by atoms with Gasteiger partial charge in [0, 0.05) is 25.0 Å².